The van der Waals surface area contributed by atoms with Crippen molar-refractivity contribution in [3.8, 4) is 5.75 Å². The van der Waals surface area contributed by atoms with Gasteiger partial charge in [-0.25, -0.2) is 0 Å². The lowest BCUT2D eigenvalue weighted by Crippen LogP contribution is -2.15. The quantitative estimate of drug-likeness (QED) is 0.342. The molecule has 0 aliphatic heterocycles. The Labute approximate surface area is 171 Å². The lowest BCUT2D eigenvalue weighted by Gasteiger charge is -2.11. The zero-order valence-corrected chi connectivity index (χ0v) is 16.7. The third-order valence-electron chi connectivity index (χ3n) is 4.09. The van der Waals surface area contributed by atoms with Crippen LogP contribution in [0.1, 0.15) is 11.4 Å². The first-order chi connectivity index (χ1) is 14.0. The third-order valence-corrected chi connectivity index (χ3v) is 5.05. The molecule has 9 nitrogen and oxygen atoms in total. The van der Waals surface area contributed by atoms with Crippen molar-refractivity contribution in [3.63, 3.8) is 0 Å². The predicted octanol–water partition coefficient (Wildman–Crippen LogP) is 3.28. The van der Waals surface area contributed by atoms with Gasteiger partial charge in [0.1, 0.15) is 11.6 Å². The zero-order chi connectivity index (χ0) is 20.8. The minimum Gasteiger partial charge on any atom is -0.494 e. The number of hydrogen-bond acceptors (Lipinski definition) is 7. The van der Waals surface area contributed by atoms with Crippen LogP contribution >= 0.6 is 11.8 Å². The highest BCUT2D eigenvalue weighted by Crippen LogP contribution is 2.29. The molecule has 29 heavy (non-hydrogen) atoms. The van der Waals surface area contributed by atoms with Gasteiger partial charge in [0.2, 0.25) is 5.91 Å². The Morgan fingerprint density at radius 1 is 1.24 bits per heavy atom. The monoisotopic (exact) mass is 413 g/mol. The molecular formula is C19H19N5O4S. The standard InChI is InChI=1S/C19H19N5O4S/c1-13-21-22-19(23(13)11-14-6-4-3-5-7-14)29-12-18(25)20-16-9-8-15(24(26)27)10-17(16)28-2/h3-10H,11-12H2,1-2H3,(H,20,25). The first-order valence-corrected chi connectivity index (χ1v) is 9.65. The van der Waals surface area contributed by atoms with Crippen LogP contribution in [0.2, 0.25) is 0 Å². The molecule has 0 saturated carbocycles. The second-order valence-corrected chi connectivity index (χ2v) is 7.02. The summed E-state index contributed by atoms with van der Waals surface area (Å²) in [6.45, 7) is 2.47. The highest BCUT2D eigenvalue weighted by Gasteiger charge is 2.15. The van der Waals surface area contributed by atoms with Crippen LogP contribution < -0.4 is 10.1 Å². The number of carbonyl (C=O) groups is 1. The van der Waals surface area contributed by atoms with Gasteiger partial charge in [-0.05, 0) is 18.6 Å². The zero-order valence-electron chi connectivity index (χ0n) is 15.9. The van der Waals surface area contributed by atoms with Gasteiger partial charge in [-0.15, -0.1) is 10.2 Å². The molecule has 0 bridgehead atoms. The van der Waals surface area contributed by atoms with E-state index in [4.69, 9.17) is 4.74 Å². The van der Waals surface area contributed by atoms with Crippen LogP contribution in [-0.2, 0) is 11.3 Å². The van der Waals surface area contributed by atoms with E-state index in [-0.39, 0.29) is 23.1 Å². The number of nitro groups is 1. The largest absolute Gasteiger partial charge is 0.494 e. The van der Waals surface area contributed by atoms with Gasteiger partial charge in [0.05, 0.1) is 36.1 Å². The summed E-state index contributed by atoms with van der Waals surface area (Å²) in [4.78, 5) is 22.7. The van der Waals surface area contributed by atoms with Crippen LogP contribution in [0.3, 0.4) is 0 Å². The maximum atomic E-state index is 12.4. The van der Waals surface area contributed by atoms with Gasteiger partial charge in [0.25, 0.3) is 5.69 Å². The number of nitrogens with one attached hydrogen (secondary N) is 1. The highest BCUT2D eigenvalue weighted by molar-refractivity contribution is 7.99. The molecular weight excluding hydrogens is 394 g/mol. The number of thioether (sulfide) groups is 1. The maximum absolute atomic E-state index is 12.4. The fourth-order valence-corrected chi connectivity index (χ4v) is 3.41. The first-order valence-electron chi connectivity index (χ1n) is 8.66. The molecule has 10 heteroatoms. The molecule has 0 spiro atoms. The van der Waals surface area contributed by atoms with Crippen LogP contribution in [0.15, 0.2) is 53.7 Å². The summed E-state index contributed by atoms with van der Waals surface area (Å²) in [5.41, 5.74) is 1.36. The molecule has 0 aliphatic rings. The van der Waals surface area contributed by atoms with Crippen molar-refractivity contribution in [2.45, 2.75) is 18.6 Å². The molecule has 1 N–H and O–H groups in total. The molecule has 0 saturated heterocycles. The lowest BCUT2D eigenvalue weighted by atomic mass is 10.2. The second kappa shape index (κ2) is 9.20. The molecule has 150 valence electrons. The number of nitrogens with zero attached hydrogens (tertiary/aromatic N) is 4. The van der Waals surface area contributed by atoms with E-state index < -0.39 is 4.92 Å². The summed E-state index contributed by atoms with van der Waals surface area (Å²) in [6.07, 6.45) is 0. The minimum absolute atomic E-state index is 0.104. The number of amides is 1. The molecule has 0 radical (unpaired) electrons. The number of benzene rings is 2. The number of anilines is 1. The smallest absolute Gasteiger partial charge is 0.273 e. The van der Waals surface area contributed by atoms with Crippen molar-refractivity contribution in [1.82, 2.24) is 14.8 Å². The number of carbonyl (C=O) groups excluding carboxylic acids is 1. The van der Waals surface area contributed by atoms with Gasteiger partial charge in [-0.1, -0.05) is 42.1 Å². The third kappa shape index (κ3) is 5.11. The van der Waals surface area contributed by atoms with Crippen molar-refractivity contribution in [2.75, 3.05) is 18.2 Å². The van der Waals surface area contributed by atoms with Crippen molar-refractivity contribution in [2.24, 2.45) is 0 Å². The lowest BCUT2D eigenvalue weighted by molar-refractivity contribution is -0.384. The van der Waals surface area contributed by atoms with E-state index in [9.17, 15) is 14.9 Å². The Morgan fingerprint density at radius 3 is 2.69 bits per heavy atom. The molecule has 3 aromatic rings. The highest BCUT2D eigenvalue weighted by atomic mass is 32.2. The van der Waals surface area contributed by atoms with Gasteiger partial charge in [-0.2, -0.15) is 0 Å². The van der Waals surface area contributed by atoms with Gasteiger partial charge in [0.15, 0.2) is 5.16 Å². The van der Waals surface area contributed by atoms with Crippen LogP contribution in [0.4, 0.5) is 11.4 Å². The van der Waals surface area contributed by atoms with Crippen LogP contribution in [0, 0.1) is 17.0 Å². The summed E-state index contributed by atoms with van der Waals surface area (Å²) < 4.78 is 7.08. The normalized spacial score (nSPS) is 10.6. The molecule has 0 unspecified atom stereocenters. The average Bonchev–Trinajstić information content (AvgIpc) is 3.07. The van der Waals surface area contributed by atoms with Crippen molar-refractivity contribution in [3.05, 3.63) is 70.0 Å². The average molecular weight is 413 g/mol. The summed E-state index contributed by atoms with van der Waals surface area (Å²) >= 11 is 1.26. The van der Waals surface area contributed by atoms with E-state index in [0.29, 0.717) is 17.4 Å². The van der Waals surface area contributed by atoms with Crippen LogP contribution in [0.5, 0.6) is 5.75 Å². The van der Waals surface area contributed by atoms with Gasteiger partial charge in [0, 0.05) is 6.07 Å². The Kier molecular flexibility index (Phi) is 6.45. The number of methoxy groups -OCH3 is 1. The number of rotatable bonds is 8. The molecule has 1 heterocycles. The number of non-ortho nitro benzene ring substituents is 1. The Balaban J connectivity index is 1.65. The fraction of sp³-hybridized carbons (Fsp3) is 0.211. The number of aryl methyl sites for hydroxylation is 1. The van der Waals surface area contributed by atoms with E-state index in [1.54, 1.807) is 0 Å². The molecule has 1 amide bonds. The maximum Gasteiger partial charge on any atom is 0.273 e. The fourth-order valence-electron chi connectivity index (χ4n) is 2.63. The Bertz CT molecular complexity index is 1020. The number of hydrogen-bond donors (Lipinski definition) is 1. The number of aromatic nitrogens is 3. The molecule has 3 rings (SSSR count). The first kappa shape index (κ1) is 20.3. The molecule has 0 atom stereocenters. The van der Waals surface area contributed by atoms with Crippen molar-refractivity contribution >= 4 is 29.0 Å². The summed E-state index contributed by atoms with van der Waals surface area (Å²) in [5.74, 6) is 0.802. The van der Waals surface area contributed by atoms with Crippen LogP contribution in [0.25, 0.3) is 0 Å². The topological polar surface area (TPSA) is 112 Å². The molecule has 1 aromatic heterocycles. The summed E-state index contributed by atoms with van der Waals surface area (Å²) in [6, 6.07) is 13.9. The summed E-state index contributed by atoms with van der Waals surface area (Å²) in [7, 11) is 1.39. The van der Waals surface area contributed by atoms with E-state index in [0.717, 1.165) is 11.4 Å². The van der Waals surface area contributed by atoms with E-state index >= 15 is 0 Å². The van der Waals surface area contributed by atoms with E-state index in [1.165, 1.54) is 37.1 Å². The molecule has 0 fully saturated rings. The van der Waals surface area contributed by atoms with Gasteiger partial charge >= 0.3 is 0 Å². The van der Waals surface area contributed by atoms with E-state index in [1.807, 2.05) is 41.8 Å². The van der Waals surface area contributed by atoms with Crippen LogP contribution in [-0.4, -0.2) is 38.5 Å². The Morgan fingerprint density at radius 2 is 2.00 bits per heavy atom. The van der Waals surface area contributed by atoms with E-state index in [2.05, 4.69) is 15.5 Å². The van der Waals surface area contributed by atoms with Gasteiger partial charge in [-0.3, -0.25) is 14.9 Å². The van der Waals surface area contributed by atoms with Crippen molar-refractivity contribution in [1.29, 1.82) is 0 Å². The Hall–Kier alpha value is -3.40. The number of ether oxygens (including phenoxy) is 1. The summed E-state index contributed by atoms with van der Waals surface area (Å²) in [5, 5.41) is 22.5. The molecule has 0 aliphatic carbocycles. The van der Waals surface area contributed by atoms with Gasteiger partial charge < -0.3 is 14.6 Å². The predicted molar refractivity (Wildman–Crippen MR) is 109 cm³/mol. The molecule has 2 aromatic carbocycles. The van der Waals surface area contributed by atoms with Crippen molar-refractivity contribution < 1.29 is 14.5 Å². The second-order valence-electron chi connectivity index (χ2n) is 6.08. The minimum atomic E-state index is -0.522. The SMILES string of the molecule is COc1cc([N+](=O)[O-])ccc1NC(=O)CSc1nnc(C)n1Cc1ccccc1. The number of nitro benzene ring substituents is 1.